The molecule has 0 saturated carbocycles. The number of carbonyl (C=O) groups is 2. The van der Waals surface area contributed by atoms with Gasteiger partial charge in [-0.05, 0) is 18.6 Å². The molecule has 0 aliphatic carbocycles. The third kappa shape index (κ3) is 6.13. The smallest absolute Gasteiger partial charge is 0.368 e. The molecule has 9 nitrogen and oxygen atoms in total. The highest BCUT2D eigenvalue weighted by molar-refractivity contribution is 5.85. The highest BCUT2D eigenvalue weighted by Crippen LogP contribution is 2.35. The van der Waals surface area contributed by atoms with Crippen LogP contribution in [0.2, 0.25) is 0 Å². The van der Waals surface area contributed by atoms with Crippen molar-refractivity contribution in [1.29, 1.82) is 0 Å². The minimum atomic E-state index is -4.73. The van der Waals surface area contributed by atoms with Gasteiger partial charge in [-0.15, -0.1) is 12.4 Å². The van der Waals surface area contributed by atoms with Crippen molar-refractivity contribution in [1.82, 2.24) is 24.8 Å². The Hall–Kier alpha value is -2.97. The van der Waals surface area contributed by atoms with Crippen LogP contribution in [0.5, 0.6) is 0 Å². The van der Waals surface area contributed by atoms with Crippen molar-refractivity contribution in [3.05, 3.63) is 41.5 Å². The van der Waals surface area contributed by atoms with Gasteiger partial charge in [-0.2, -0.15) is 13.2 Å². The molecule has 4 heterocycles. The Balaban J connectivity index is 0.00000380. The van der Waals surface area contributed by atoms with E-state index in [2.05, 4.69) is 15.0 Å². The second-order valence-electron chi connectivity index (χ2n) is 8.77. The van der Waals surface area contributed by atoms with Crippen LogP contribution in [0.15, 0.2) is 24.5 Å². The molecule has 0 spiro atoms. The molecule has 0 bridgehead atoms. The van der Waals surface area contributed by atoms with Gasteiger partial charge >= 0.3 is 6.18 Å². The molecule has 202 valence electrons. The quantitative estimate of drug-likeness (QED) is 0.546. The number of piperidine rings is 1. The van der Waals surface area contributed by atoms with Gasteiger partial charge in [-0.1, -0.05) is 0 Å². The number of aliphatic hydroxyl groups excluding tert-OH is 1. The normalized spacial score (nSPS) is 20.2. The number of alkyl halides is 5. The van der Waals surface area contributed by atoms with Crippen LogP contribution in [0.1, 0.15) is 36.2 Å². The topological polar surface area (TPSA) is 126 Å². The molecular weight excluding hydrogens is 527 g/mol. The lowest BCUT2D eigenvalue weighted by Crippen LogP contribution is -2.58. The number of hydrogen-bond acceptors (Lipinski definition) is 7. The Bertz CT molecular complexity index is 1150. The first-order valence-corrected chi connectivity index (χ1v) is 11.1. The van der Waals surface area contributed by atoms with Crippen LogP contribution in [-0.4, -0.2) is 73.0 Å². The van der Waals surface area contributed by atoms with E-state index in [0.717, 1.165) is 0 Å². The summed E-state index contributed by atoms with van der Waals surface area (Å²) in [4.78, 5) is 38.5. The van der Waals surface area contributed by atoms with E-state index in [4.69, 9.17) is 5.73 Å². The van der Waals surface area contributed by atoms with Crippen LogP contribution in [0.3, 0.4) is 0 Å². The van der Waals surface area contributed by atoms with Gasteiger partial charge in [0.05, 0.1) is 12.2 Å². The van der Waals surface area contributed by atoms with Crippen molar-refractivity contribution >= 4 is 24.2 Å². The van der Waals surface area contributed by atoms with Crippen LogP contribution in [0.25, 0.3) is 11.4 Å². The number of amides is 2. The number of likely N-dealkylation sites (tertiary alicyclic amines) is 1. The predicted molar refractivity (Wildman–Crippen MR) is 121 cm³/mol. The van der Waals surface area contributed by atoms with E-state index in [-0.39, 0.29) is 55.4 Å². The first-order valence-electron chi connectivity index (χ1n) is 11.1. The largest absolute Gasteiger partial charge is 0.433 e. The predicted octanol–water partition coefficient (Wildman–Crippen LogP) is 2.16. The number of rotatable bonds is 5. The Morgan fingerprint density at radius 2 is 1.89 bits per heavy atom. The summed E-state index contributed by atoms with van der Waals surface area (Å²) in [5.74, 6) is -4.90. The molecule has 2 atom stereocenters. The number of hydrogen-bond donors (Lipinski definition) is 2. The third-order valence-corrected chi connectivity index (χ3v) is 6.16. The lowest BCUT2D eigenvalue weighted by molar-refractivity contribution is -0.205. The summed E-state index contributed by atoms with van der Waals surface area (Å²) in [6.45, 7) is -0.755. The maximum absolute atomic E-state index is 13.8. The highest BCUT2D eigenvalue weighted by Gasteiger charge is 2.48. The molecule has 0 radical (unpaired) electrons. The van der Waals surface area contributed by atoms with Gasteiger partial charge in [0.25, 0.3) is 5.92 Å². The van der Waals surface area contributed by atoms with Crippen LogP contribution >= 0.6 is 12.4 Å². The number of pyridine rings is 1. The van der Waals surface area contributed by atoms with E-state index in [9.17, 15) is 36.6 Å². The summed E-state index contributed by atoms with van der Waals surface area (Å²) in [5, 5.41) is 9.81. The molecule has 2 aromatic heterocycles. The van der Waals surface area contributed by atoms with Crippen LogP contribution in [0, 0.1) is 0 Å². The van der Waals surface area contributed by atoms with E-state index in [1.54, 1.807) is 0 Å². The van der Waals surface area contributed by atoms with E-state index in [0.29, 0.717) is 10.5 Å². The van der Waals surface area contributed by atoms with Gasteiger partial charge in [0.1, 0.15) is 0 Å². The van der Waals surface area contributed by atoms with E-state index in [1.165, 1.54) is 29.4 Å². The van der Waals surface area contributed by atoms with Gasteiger partial charge in [-0.25, -0.2) is 18.7 Å². The fraction of sp³-hybridized carbons (Fsp3) is 0.500. The molecule has 0 unspecified atom stereocenters. The van der Waals surface area contributed by atoms with E-state index in [1.807, 2.05) is 0 Å². The fourth-order valence-electron chi connectivity index (χ4n) is 4.29. The summed E-state index contributed by atoms with van der Waals surface area (Å²) < 4.78 is 68.8. The fourth-order valence-corrected chi connectivity index (χ4v) is 4.29. The maximum Gasteiger partial charge on any atom is 0.433 e. The Kier molecular flexibility index (Phi) is 8.34. The Morgan fingerprint density at radius 1 is 1.22 bits per heavy atom. The summed E-state index contributed by atoms with van der Waals surface area (Å²) in [6.07, 6.45) is -6.05. The maximum atomic E-state index is 13.8. The van der Waals surface area contributed by atoms with Gasteiger partial charge in [-0.3, -0.25) is 14.6 Å². The molecule has 37 heavy (non-hydrogen) atoms. The molecule has 0 aromatic carbocycles. The Morgan fingerprint density at radius 3 is 2.54 bits per heavy atom. The van der Waals surface area contributed by atoms with Gasteiger partial charge in [0.15, 0.2) is 17.7 Å². The van der Waals surface area contributed by atoms with Crippen molar-refractivity contribution in [2.75, 3.05) is 13.1 Å². The number of nitrogens with two attached hydrogens (primary N) is 1. The molecule has 4 rings (SSSR count). The van der Waals surface area contributed by atoms with Gasteiger partial charge in [0.2, 0.25) is 11.8 Å². The summed E-state index contributed by atoms with van der Waals surface area (Å²) in [5.41, 5.74) is 5.12. The average Bonchev–Trinajstić information content (AvgIpc) is 2.83. The SMILES string of the molecule is Cl.N[C@@H](CC(=O)N1CCc2c(nc(-c3ccncc3)nc2C(F)(F)F)C1)CN1C(=O)CCC(F)(F)[C@@H]1O. The van der Waals surface area contributed by atoms with Gasteiger partial charge in [0, 0.05) is 61.9 Å². The number of aliphatic hydroxyl groups is 1. The monoisotopic (exact) mass is 550 g/mol. The molecule has 2 amide bonds. The zero-order valence-electron chi connectivity index (χ0n) is 19.3. The second-order valence-corrected chi connectivity index (χ2v) is 8.77. The lowest BCUT2D eigenvalue weighted by atomic mass is 10.0. The summed E-state index contributed by atoms with van der Waals surface area (Å²) >= 11 is 0. The van der Waals surface area contributed by atoms with Crippen molar-refractivity contribution in [2.45, 2.75) is 56.6 Å². The standard InChI is InChI=1S/C22H23F5N6O3.ClH/c23-21(24)5-1-16(34)33(20(21)36)10-13(28)9-17(35)32-8-4-14-15(11-32)30-19(12-2-6-29-7-3-12)31-18(14)22(25,26)27;/h2-3,6-7,13,20,36H,1,4-5,8-11,28H2;1H/t13-,20-;/m0./s1. The van der Waals surface area contributed by atoms with Crippen molar-refractivity contribution in [2.24, 2.45) is 5.73 Å². The molecule has 1 fully saturated rings. The second kappa shape index (κ2) is 10.8. The van der Waals surface area contributed by atoms with Crippen molar-refractivity contribution < 1.29 is 36.6 Å². The molecule has 3 N–H and O–H groups in total. The summed E-state index contributed by atoms with van der Waals surface area (Å²) in [7, 11) is 0. The highest BCUT2D eigenvalue weighted by atomic mass is 35.5. The van der Waals surface area contributed by atoms with Crippen molar-refractivity contribution in [3.63, 3.8) is 0 Å². The summed E-state index contributed by atoms with van der Waals surface area (Å²) in [6, 6.07) is 1.86. The first kappa shape index (κ1) is 28.6. The molecule has 2 aromatic rings. The number of aromatic nitrogens is 3. The van der Waals surface area contributed by atoms with Crippen LogP contribution < -0.4 is 5.73 Å². The van der Waals surface area contributed by atoms with E-state index >= 15 is 0 Å². The molecule has 2 aliphatic rings. The molecule has 2 aliphatic heterocycles. The molecule has 15 heteroatoms. The number of fused-ring (bicyclic) bond motifs is 1. The zero-order valence-corrected chi connectivity index (χ0v) is 20.1. The lowest BCUT2D eigenvalue weighted by Gasteiger charge is -2.38. The molecule has 1 saturated heterocycles. The Labute approximate surface area is 214 Å². The van der Waals surface area contributed by atoms with Gasteiger partial charge < -0.3 is 20.6 Å². The molecular formula is C22H24ClF5N6O3. The van der Waals surface area contributed by atoms with E-state index < -0.39 is 61.3 Å². The van der Waals surface area contributed by atoms with Crippen molar-refractivity contribution in [3.8, 4) is 11.4 Å². The minimum absolute atomic E-state index is 0. The van der Waals surface area contributed by atoms with Crippen LogP contribution in [-0.2, 0) is 28.7 Å². The zero-order chi connectivity index (χ0) is 26.3. The first-order chi connectivity index (χ1) is 16.9. The van der Waals surface area contributed by atoms with Crippen LogP contribution in [0.4, 0.5) is 22.0 Å². The average molecular weight is 551 g/mol. The number of halogens is 6. The third-order valence-electron chi connectivity index (χ3n) is 6.16. The number of nitrogens with zero attached hydrogens (tertiary/aromatic N) is 5. The minimum Gasteiger partial charge on any atom is -0.368 e. The number of carbonyl (C=O) groups excluding carboxylic acids is 2.